The highest BCUT2D eigenvalue weighted by Crippen LogP contribution is 2.26. The molecule has 3 aromatic rings. The van der Waals surface area contributed by atoms with Gasteiger partial charge in [0, 0.05) is 33.7 Å². The van der Waals surface area contributed by atoms with Gasteiger partial charge in [0.2, 0.25) is 0 Å². The highest BCUT2D eigenvalue weighted by molar-refractivity contribution is 7.98. The molecule has 1 N–H and O–H groups in total. The van der Waals surface area contributed by atoms with Gasteiger partial charge in [-0.25, -0.2) is 4.98 Å². The molecule has 0 radical (unpaired) electrons. The van der Waals surface area contributed by atoms with E-state index in [1.807, 2.05) is 13.0 Å². The van der Waals surface area contributed by atoms with Gasteiger partial charge in [0.25, 0.3) is 5.91 Å². The summed E-state index contributed by atoms with van der Waals surface area (Å²) in [7, 11) is 0. The molecule has 0 atom stereocenters. The van der Waals surface area contributed by atoms with E-state index in [0.29, 0.717) is 32.1 Å². The second kappa shape index (κ2) is 7.91. The van der Waals surface area contributed by atoms with Crippen molar-refractivity contribution in [2.75, 3.05) is 5.32 Å². The SMILES string of the molecule is Cc1cc(CSc2ncccc2C(=O)Nc2cc(Cl)cc(Cl)c2)no1. The monoisotopic (exact) mass is 393 g/mol. The number of benzene rings is 1. The molecular formula is C17H13Cl2N3O2S. The number of carbonyl (C=O) groups excluding carboxylic acids is 1. The lowest BCUT2D eigenvalue weighted by Crippen LogP contribution is -2.13. The summed E-state index contributed by atoms with van der Waals surface area (Å²) in [6.07, 6.45) is 1.64. The number of nitrogens with zero attached hydrogens (tertiary/aromatic N) is 2. The highest BCUT2D eigenvalue weighted by Gasteiger charge is 2.14. The molecule has 0 saturated heterocycles. The third-order valence-corrected chi connectivity index (χ3v) is 4.65. The number of aryl methyl sites for hydroxylation is 1. The van der Waals surface area contributed by atoms with Gasteiger partial charge in [-0.3, -0.25) is 4.79 Å². The molecule has 0 aliphatic rings. The summed E-state index contributed by atoms with van der Waals surface area (Å²) in [6.45, 7) is 1.83. The van der Waals surface area contributed by atoms with E-state index in [9.17, 15) is 4.79 Å². The lowest BCUT2D eigenvalue weighted by atomic mass is 10.2. The summed E-state index contributed by atoms with van der Waals surface area (Å²) < 4.78 is 5.04. The minimum atomic E-state index is -0.287. The molecule has 128 valence electrons. The molecular weight excluding hydrogens is 381 g/mol. The van der Waals surface area contributed by atoms with Crippen LogP contribution in [-0.4, -0.2) is 16.0 Å². The Morgan fingerprint density at radius 2 is 2.00 bits per heavy atom. The topological polar surface area (TPSA) is 68.0 Å². The molecule has 0 bridgehead atoms. The maximum absolute atomic E-state index is 12.6. The van der Waals surface area contributed by atoms with Gasteiger partial charge in [-0.2, -0.15) is 0 Å². The van der Waals surface area contributed by atoms with Gasteiger partial charge in [0.05, 0.1) is 11.3 Å². The van der Waals surface area contributed by atoms with Crippen LogP contribution in [0.1, 0.15) is 21.8 Å². The molecule has 5 nitrogen and oxygen atoms in total. The van der Waals surface area contributed by atoms with Crippen LogP contribution < -0.4 is 5.32 Å². The van der Waals surface area contributed by atoms with Crippen LogP contribution in [0.4, 0.5) is 5.69 Å². The van der Waals surface area contributed by atoms with E-state index in [1.54, 1.807) is 36.5 Å². The Kier molecular flexibility index (Phi) is 5.63. The van der Waals surface area contributed by atoms with E-state index in [2.05, 4.69) is 15.5 Å². The summed E-state index contributed by atoms with van der Waals surface area (Å²) in [4.78, 5) is 16.9. The molecule has 0 aliphatic carbocycles. The smallest absolute Gasteiger partial charge is 0.258 e. The average Bonchev–Trinajstić information content (AvgIpc) is 2.97. The number of pyridine rings is 1. The van der Waals surface area contributed by atoms with E-state index >= 15 is 0 Å². The van der Waals surface area contributed by atoms with Crippen molar-refractivity contribution in [1.82, 2.24) is 10.1 Å². The van der Waals surface area contributed by atoms with E-state index in [0.717, 1.165) is 11.5 Å². The number of nitrogens with one attached hydrogen (secondary N) is 1. The summed E-state index contributed by atoms with van der Waals surface area (Å²) >= 11 is 13.3. The third-order valence-electron chi connectivity index (χ3n) is 3.17. The molecule has 1 aromatic carbocycles. The van der Waals surface area contributed by atoms with Crippen molar-refractivity contribution in [3.05, 3.63) is 69.7 Å². The predicted octanol–water partition coefficient (Wildman–Crippen LogP) is 5.23. The first kappa shape index (κ1) is 17.8. The fourth-order valence-corrected chi connectivity index (χ4v) is 3.53. The van der Waals surface area contributed by atoms with Crippen molar-refractivity contribution in [3.8, 4) is 0 Å². The Labute approximate surface area is 158 Å². The molecule has 25 heavy (non-hydrogen) atoms. The van der Waals surface area contributed by atoms with E-state index in [1.165, 1.54) is 11.8 Å². The zero-order chi connectivity index (χ0) is 17.8. The van der Waals surface area contributed by atoms with E-state index in [-0.39, 0.29) is 5.91 Å². The Balaban J connectivity index is 1.76. The quantitative estimate of drug-likeness (QED) is 0.601. The Morgan fingerprint density at radius 1 is 1.24 bits per heavy atom. The van der Waals surface area contributed by atoms with Crippen molar-refractivity contribution in [2.24, 2.45) is 0 Å². The number of thioether (sulfide) groups is 1. The summed E-state index contributed by atoms with van der Waals surface area (Å²) in [5, 5.41) is 8.23. The van der Waals surface area contributed by atoms with Gasteiger partial charge in [-0.15, -0.1) is 0 Å². The summed E-state index contributed by atoms with van der Waals surface area (Å²) in [5.41, 5.74) is 1.78. The van der Waals surface area contributed by atoms with Gasteiger partial charge in [0.15, 0.2) is 0 Å². The minimum absolute atomic E-state index is 0.287. The summed E-state index contributed by atoms with van der Waals surface area (Å²) in [5.74, 6) is 1.01. The van der Waals surface area contributed by atoms with Crippen LogP contribution in [0.2, 0.25) is 10.0 Å². The number of carbonyl (C=O) groups is 1. The van der Waals surface area contributed by atoms with Gasteiger partial charge >= 0.3 is 0 Å². The molecule has 0 saturated carbocycles. The van der Waals surface area contributed by atoms with E-state index < -0.39 is 0 Å². The van der Waals surface area contributed by atoms with Crippen molar-refractivity contribution in [2.45, 2.75) is 17.7 Å². The first-order valence-electron chi connectivity index (χ1n) is 7.29. The molecule has 1 amide bonds. The van der Waals surface area contributed by atoms with Crippen molar-refractivity contribution in [3.63, 3.8) is 0 Å². The van der Waals surface area contributed by atoms with Crippen LogP contribution in [0, 0.1) is 6.92 Å². The third kappa shape index (κ3) is 4.75. The van der Waals surface area contributed by atoms with Crippen LogP contribution in [-0.2, 0) is 5.75 Å². The Hall–Kier alpha value is -2.02. The fraction of sp³-hybridized carbons (Fsp3) is 0.118. The maximum atomic E-state index is 12.6. The number of halogens is 2. The molecule has 0 unspecified atom stereocenters. The molecule has 0 spiro atoms. The molecule has 2 heterocycles. The Bertz CT molecular complexity index is 894. The molecule has 0 fully saturated rings. The lowest BCUT2D eigenvalue weighted by molar-refractivity contribution is 0.102. The highest BCUT2D eigenvalue weighted by atomic mass is 35.5. The van der Waals surface area contributed by atoms with Gasteiger partial charge < -0.3 is 9.84 Å². The number of rotatable bonds is 5. The number of aromatic nitrogens is 2. The maximum Gasteiger partial charge on any atom is 0.258 e. The largest absolute Gasteiger partial charge is 0.361 e. The molecule has 3 rings (SSSR count). The first-order chi connectivity index (χ1) is 12.0. The standard InChI is InChI=1S/C17H13Cl2N3O2S/c1-10-5-14(22-24-10)9-25-17-15(3-2-4-20-17)16(23)21-13-7-11(18)6-12(19)8-13/h2-8H,9H2,1H3,(H,21,23). The number of hydrogen-bond acceptors (Lipinski definition) is 5. The van der Waals surface area contributed by atoms with Gasteiger partial charge in [-0.1, -0.05) is 40.1 Å². The molecule has 0 aliphatic heterocycles. The van der Waals surface area contributed by atoms with Crippen LogP contribution in [0.5, 0.6) is 0 Å². The Morgan fingerprint density at radius 3 is 2.68 bits per heavy atom. The fourth-order valence-electron chi connectivity index (χ4n) is 2.13. The molecule has 2 aromatic heterocycles. The van der Waals surface area contributed by atoms with Crippen LogP contribution in [0.25, 0.3) is 0 Å². The number of amides is 1. The average molecular weight is 394 g/mol. The van der Waals surface area contributed by atoms with Gasteiger partial charge in [0.1, 0.15) is 10.8 Å². The number of hydrogen-bond donors (Lipinski definition) is 1. The summed E-state index contributed by atoms with van der Waals surface area (Å²) in [6, 6.07) is 10.1. The van der Waals surface area contributed by atoms with Crippen LogP contribution >= 0.6 is 35.0 Å². The van der Waals surface area contributed by atoms with Crippen molar-refractivity contribution >= 4 is 46.6 Å². The minimum Gasteiger partial charge on any atom is -0.361 e. The second-order valence-corrected chi connectivity index (χ2v) is 7.02. The normalized spacial score (nSPS) is 10.7. The first-order valence-corrected chi connectivity index (χ1v) is 9.03. The van der Waals surface area contributed by atoms with Crippen molar-refractivity contribution in [1.29, 1.82) is 0 Å². The van der Waals surface area contributed by atoms with Crippen LogP contribution in [0.3, 0.4) is 0 Å². The van der Waals surface area contributed by atoms with E-state index in [4.69, 9.17) is 27.7 Å². The molecule has 8 heteroatoms. The predicted molar refractivity (Wildman–Crippen MR) is 99.5 cm³/mol. The van der Waals surface area contributed by atoms with Crippen molar-refractivity contribution < 1.29 is 9.32 Å². The zero-order valence-corrected chi connectivity index (χ0v) is 15.5. The second-order valence-electron chi connectivity index (χ2n) is 5.19. The number of anilines is 1. The lowest BCUT2D eigenvalue weighted by Gasteiger charge is -2.09. The van der Waals surface area contributed by atoms with Gasteiger partial charge in [-0.05, 0) is 37.3 Å². The zero-order valence-electron chi connectivity index (χ0n) is 13.1. The van der Waals surface area contributed by atoms with Crippen LogP contribution in [0.15, 0.2) is 52.1 Å².